The van der Waals surface area contributed by atoms with Crippen LogP contribution >= 0.6 is 0 Å². The van der Waals surface area contributed by atoms with Crippen LogP contribution in [0.4, 0.5) is 0 Å². The molecule has 1 rings (SSSR count). The molecule has 0 amide bonds. The molecule has 5 nitrogen and oxygen atoms in total. The predicted molar refractivity (Wildman–Crippen MR) is 58.1 cm³/mol. The Labute approximate surface area is 89.7 Å². The van der Waals surface area contributed by atoms with Crippen LogP contribution in [0.5, 0.6) is 0 Å². The summed E-state index contributed by atoms with van der Waals surface area (Å²) in [4.78, 5) is 0. The molecule has 0 aromatic carbocycles. The first-order valence-electron chi connectivity index (χ1n) is 4.72. The summed E-state index contributed by atoms with van der Waals surface area (Å²) in [5.74, 6) is 0. The standard InChI is InChI=1S/C10H17N3O2/c1-4-13-8-9(6-12-13)5-11-7-10(14-2)15-3/h4,6,8,10-11H,1,5,7H2,2-3H3. The van der Waals surface area contributed by atoms with Crippen molar-refractivity contribution in [2.75, 3.05) is 20.8 Å². The van der Waals surface area contributed by atoms with E-state index in [1.165, 1.54) is 0 Å². The van der Waals surface area contributed by atoms with Gasteiger partial charge in [-0.25, -0.2) is 4.68 Å². The molecule has 0 bridgehead atoms. The van der Waals surface area contributed by atoms with Gasteiger partial charge in [0.1, 0.15) is 0 Å². The topological polar surface area (TPSA) is 48.3 Å². The van der Waals surface area contributed by atoms with Gasteiger partial charge in [0.15, 0.2) is 6.29 Å². The van der Waals surface area contributed by atoms with Crippen LogP contribution in [-0.4, -0.2) is 36.8 Å². The minimum Gasteiger partial charge on any atom is -0.355 e. The van der Waals surface area contributed by atoms with Crippen LogP contribution in [0.1, 0.15) is 5.56 Å². The van der Waals surface area contributed by atoms with E-state index >= 15 is 0 Å². The van der Waals surface area contributed by atoms with Gasteiger partial charge in [-0.2, -0.15) is 5.10 Å². The van der Waals surface area contributed by atoms with E-state index in [2.05, 4.69) is 17.0 Å². The van der Waals surface area contributed by atoms with Crippen LogP contribution in [0.3, 0.4) is 0 Å². The smallest absolute Gasteiger partial charge is 0.169 e. The maximum Gasteiger partial charge on any atom is 0.169 e. The molecule has 0 aliphatic rings. The molecule has 0 aliphatic heterocycles. The largest absolute Gasteiger partial charge is 0.355 e. The van der Waals surface area contributed by atoms with Gasteiger partial charge in [0.2, 0.25) is 0 Å². The maximum absolute atomic E-state index is 5.04. The van der Waals surface area contributed by atoms with Gasteiger partial charge >= 0.3 is 0 Å². The molecule has 0 saturated heterocycles. The lowest BCUT2D eigenvalue weighted by Crippen LogP contribution is -2.29. The Balaban J connectivity index is 2.27. The third-order valence-corrected chi connectivity index (χ3v) is 2.01. The number of ether oxygens (including phenoxy) is 2. The molecular weight excluding hydrogens is 194 g/mol. The molecule has 0 radical (unpaired) electrons. The Kier molecular flexibility index (Phi) is 5.03. The highest BCUT2D eigenvalue weighted by Crippen LogP contribution is 1.97. The first-order valence-corrected chi connectivity index (χ1v) is 4.72. The van der Waals surface area contributed by atoms with Gasteiger partial charge in [-0.1, -0.05) is 6.58 Å². The fourth-order valence-corrected chi connectivity index (χ4v) is 1.17. The van der Waals surface area contributed by atoms with Crippen LogP contribution < -0.4 is 5.32 Å². The van der Waals surface area contributed by atoms with Gasteiger partial charge in [0.05, 0.1) is 6.20 Å². The summed E-state index contributed by atoms with van der Waals surface area (Å²) in [5, 5.41) is 7.27. The Morgan fingerprint density at radius 3 is 2.87 bits per heavy atom. The van der Waals surface area contributed by atoms with Crippen molar-refractivity contribution in [2.24, 2.45) is 0 Å². The van der Waals surface area contributed by atoms with Crippen LogP contribution in [-0.2, 0) is 16.0 Å². The highest BCUT2D eigenvalue weighted by Gasteiger charge is 2.03. The Morgan fingerprint density at radius 2 is 2.33 bits per heavy atom. The van der Waals surface area contributed by atoms with Crippen molar-refractivity contribution < 1.29 is 9.47 Å². The Bertz CT molecular complexity index is 295. The minimum atomic E-state index is -0.209. The molecule has 0 unspecified atom stereocenters. The fourth-order valence-electron chi connectivity index (χ4n) is 1.17. The number of nitrogens with zero attached hydrogens (tertiary/aromatic N) is 2. The van der Waals surface area contributed by atoms with Crippen molar-refractivity contribution in [1.82, 2.24) is 15.1 Å². The SMILES string of the molecule is C=Cn1cc(CNCC(OC)OC)cn1. The molecule has 0 spiro atoms. The number of nitrogens with one attached hydrogen (secondary N) is 1. The summed E-state index contributed by atoms with van der Waals surface area (Å²) in [5.41, 5.74) is 1.10. The van der Waals surface area contributed by atoms with E-state index in [-0.39, 0.29) is 6.29 Å². The number of hydrogen-bond acceptors (Lipinski definition) is 4. The lowest BCUT2D eigenvalue weighted by atomic mass is 10.3. The van der Waals surface area contributed by atoms with Crippen molar-refractivity contribution >= 4 is 6.20 Å². The van der Waals surface area contributed by atoms with E-state index < -0.39 is 0 Å². The highest BCUT2D eigenvalue weighted by molar-refractivity contribution is 5.17. The molecular formula is C10H17N3O2. The Hall–Kier alpha value is -1.17. The zero-order chi connectivity index (χ0) is 11.1. The van der Waals surface area contributed by atoms with E-state index in [0.717, 1.165) is 12.1 Å². The fraction of sp³-hybridized carbons (Fsp3) is 0.500. The second-order valence-corrected chi connectivity index (χ2v) is 3.04. The zero-order valence-corrected chi connectivity index (χ0v) is 9.14. The molecule has 5 heteroatoms. The monoisotopic (exact) mass is 211 g/mol. The molecule has 0 atom stereocenters. The third kappa shape index (κ3) is 3.83. The molecule has 1 aromatic heterocycles. The second-order valence-electron chi connectivity index (χ2n) is 3.04. The van der Waals surface area contributed by atoms with Crippen LogP contribution in [0.25, 0.3) is 6.20 Å². The molecule has 0 aliphatic carbocycles. The molecule has 1 N–H and O–H groups in total. The molecule has 1 heterocycles. The summed E-state index contributed by atoms with van der Waals surface area (Å²) in [6.45, 7) is 5.00. The first kappa shape index (κ1) is 11.9. The van der Waals surface area contributed by atoms with Gasteiger partial charge in [0.25, 0.3) is 0 Å². The summed E-state index contributed by atoms with van der Waals surface area (Å²) in [6.07, 6.45) is 5.15. The quantitative estimate of drug-likeness (QED) is 0.674. The second kappa shape index (κ2) is 6.34. The number of rotatable bonds is 7. The number of aromatic nitrogens is 2. The molecule has 0 fully saturated rings. The predicted octanol–water partition coefficient (Wildman–Crippen LogP) is 0.692. The van der Waals surface area contributed by atoms with Crippen LogP contribution in [0.15, 0.2) is 19.0 Å². The molecule has 84 valence electrons. The van der Waals surface area contributed by atoms with Crippen molar-refractivity contribution in [3.05, 3.63) is 24.5 Å². The number of methoxy groups -OCH3 is 2. The summed E-state index contributed by atoms with van der Waals surface area (Å²) >= 11 is 0. The van der Waals surface area contributed by atoms with E-state index in [4.69, 9.17) is 9.47 Å². The van der Waals surface area contributed by atoms with E-state index in [1.807, 2.05) is 6.20 Å². The van der Waals surface area contributed by atoms with Gasteiger partial charge < -0.3 is 14.8 Å². The van der Waals surface area contributed by atoms with Crippen molar-refractivity contribution in [3.8, 4) is 0 Å². The molecule has 15 heavy (non-hydrogen) atoms. The zero-order valence-electron chi connectivity index (χ0n) is 9.14. The van der Waals surface area contributed by atoms with Crippen LogP contribution in [0, 0.1) is 0 Å². The van der Waals surface area contributed by atoms with Crippen molar-refractivity contribution in [2.45, 2.75) is 12.8 Å². The first-order chi connectivity index (χ1) is 7.30. The number of hydrogen-bond donors (Lipinski definition) is 1. The molecule has 1 aromatic rings. The average Bonchev–Trinajstić information content (AvgIpc) is 2.72. The van der Waals surface area contributed by atoms with Crippen molar-refractivity contribution in [1.29, 1.82) is 0 Å². The summed E-state index contributed by atoms with van der Waals surface area (Å²) in [6, 6.07) is 0. The average molecular weight is 211 g/mol. The van der Waals surface area contributed by atoms with E-state index in [1.54, 1.807) is 31.3 Å². The van der Waals surface area contributed by atoms with Crippen molar-refractivity contribution in [3.63, 3.8) is 0 Å². The van der Waals surface area contributed by atoms with Crippen LogP contribution in [0.2, 0.25) is 0 Å². The third-order valence-electron chi connectivity index (χ3n) is 2.01. The normalized spacial score (nSPS) is 10.9. The van der Waals surface area contributed by atoms with Gasteiger partial charge in [0, 0.05) is 45.3 Å². The van der Waals surface area contributed by atoms with E-state index in [9.17, 15) is 0 Å². The minimum absolute atomic E-state index is 0.209. The lowest BCUT2D eigenvalue weighted by Gasteiger charge is -2.13. The summed E-state index contributed by atoms with van der Waals surface area (Å²) < 4.78 is 11.8. The lowest BCUT2D eigenvalue weighted by molar-refractivity contribution is -0.0989. The maximum atomic E-state index is 5.04. The Morgan fingerprint density at radius 1 is 1.60 bits per heavy atom. The highest BCUT2D eigenvalue weighted by atomic mass is 16.7. The van der Waals surface area contributed by atoms with Gasteiger partial charge in [-0.15, -0.1) is 0 Å². The summed E-state index contributed by atoms with van der Waals surface area (Å²) in [7, 11) is 3.23. The molecule has 0 saturated carbocycles. The van der Waals surface area contributed by atoms with Gasteiger partial charge in [-0.3, -0.25) is 0 Å². The van der Waals surface area contributed by atoms with Gasteiger partial charge in [-0.05, 0) is 0 Å². The van der Waals surface area contributed by atoms with E-state index in [0.29, 0.717) is 6.54 Å².